The number of esters is 1. The van der Waals surface area contributed by atoms with Crippen LogP contribution in [0.1, 0.15) is 16.7 Å². The van der Waals surface area contributed by atoms with Crippen LogP contribution in [0.2, 0.25) is 0 Å². The Balaban J connectivity index is 1.96. The van der Waals surface area contributed by atoms with E-state index in [0.29, 0.717) is 28.5 Å². The van der Waals surface area contributed by atoms with Crippen LogP contribution >= 0.6 is 0 Å². The van der Waals surface area contributed by atoms with Crippen LogP contribution in [0.3, 0.4) is 0 Å². The van der Waals surface area contributed by atoms with E-state index in [1.54, 1.807) is 12.1 Å². The van der Waals surface area contributed by atoms with E-state index in [1.165, 1.54) is 33.5 Å². The highest BCUT2D eigenvalue weighted by Crippen LogP contribution is 2.38. The first-order chi connectivity index (χ1) is 13.9. The Labute approximate surface area is 170 Å². The van der Waals surface area contributed by atoms with Crippen LogP contribution in [0, 0.1) is 13.8 Å². The fourth-order valence-electron chi connectivity index (χ4n) is 2.69. The van der Waals surface area contributed by atoms with E-state index >= 15 is 0 Å². The molecule has 0 heterocycles. The number of carbonyl (C=O) groups excluding carboxylic acids is 2. The summed E-state index contributed by atoms with van der Waals surface area (Å²) in [6.45, 7) is 3.49. The molecule has 2 aromatic carbocycles. The molecule has 0 aliphatic heterocycles. The summed E-state index contributed by atoms with van der Waals surface area (Å²) in [6.07, 6.45) is 2.76. The highest BCUT2D eigenvalue weighted by atomic mass is 16.5. The van der Waals surface area contributed by atoms with Crippen molar-refractivity contribution >= 4 is 23.6 Å². The number of amides is 1. The third-order valence-electron chi connectivity index (χ3n) is 4.10. The lowest BCUT2D eigenvalue weighted by Crippen LogP contribution is -2.20. The number of hydrogen-bond acceptors (Lipinski definition) is 6. The van der Waals surface area contributed by atoms with Crippen LogP contribution in [0.15, 0.2) is 36.4 Å². The fourth-order valence-corrected chi connectivity index (χ4v) is 2.69. The molecular formula is C22H25NO6. The Hall–Kier alpha value is -3.48. The molecule has 0 saturated carbocycles. The number of rotatable bonds is 8. The quantitative estimate of drug-likeness (QED) is 0.540. The summed E-state index contributed by atoms with van der Waals surface area (Å²) < 4.78 is 20.8. The van der Waals surface area contributed by atoms with Gasteiger partial charge in [0.15, 0.2) is 18.1 Å². The molecule has 2 aromatic rings. The van der Waals surface area contributed by atoms with Gasteiger partial charge in [-0.3, -0.25) is 4.79 Å². The van der Waals surface area contributed by atoms with Gasteiger partial charge in [0.1, 0.15) is 0 Å². The minimum absolute atomic E-state index is 0.383. The van der Waals surface area contributed by atoms with Crippen LogP contribution in [0.25, 0.3) is 6.08 Å². The van der Waals surface area contributed by atoms with E-state index in [9.17, 15) is 9.59 Å². The molecule has 0 atom stereocenters. The second kappa shape index (κ2) is 10.2. The maximum absolute atomic E-state index is 12.0. The smallest absolute Gasteiger partial charge is 0.331 e. The van der Waals surface area contributed by atoms with Crippen LogP contribution in [-0.4, -0.2) is 39.8 Å². The largest absolute Gasteiger partial charge is 0.493 e. The third-order valence-corrected chi connectivity index (χ3v) is 4.10. The van der Waals surface area contributed by atoms with Gasteiger partial charge in [-0.15, -0.1) is 0 Å². The molecule has 0 unspecified atom stereocenters. The summed E-state index contributed by atoms with van der Waals surface area (Å²) in [5, 5.41) is 2.72. The number of benzene rings is 2. The number of ether oxygens (including phenoxy) is 4. The Morgan fingerprint density at radius 1 is 0.966 bits per heavy atom. The summed E-state index contributed by atoms with van der Waals surface area (Å²) in [7, 11) is 4.53. The van der Waals surface area contributed by atoms with Crippen molar-refractivity contribution in [3.8, 4) is 17.2 Å². The molecule has 1 amide bonds. The molecule has 0 saturated heterocycles. The zero-order chi connectivity index (χ0) is 21.4. The Morgan fingerprint density at radius 2 is 1.62 bits per heavy atom. The lowest BCUT2D eigenvalue weighted by molar-refractivity contribution is -0.142. The molecule has 0 spiro atoms. The van der Waals surface area contributed by atoms with Gasteiger partial charge in [0.25, 0.3) is 5.91 Å². The maximum Gasteiger partial charge on any atom is 0.331 e. The second-order valence-electron chi connectivity index (χ2n) is 6.27. The molecule has 0 bridgehead atoms. The molecule has 7 nitrogen and oxygen atoms in total. The Bertz CT molecular complexity index is 895. The summed E-state index contributed by atoms with van der Waals surface area (Å²) in [5.74, 6) is 0.333. The normalized spacial score (nSPS) is 10.5. The number of anilines is 1. The molecule has 154 valence electrons. The van der Waals surface area contributed by atoms with Crippen LogP contribution in [0.5, 0.6) is 17.2 Å². The van der Waals surface area contributed by atoms with Gasteiger partial charge in [-0.1, -0.05) is 17.7 Å². The van der Waals surface area contributed by atoms with Crippen molar-refractivity contribution in [2.75, 3.05) is 33.3 Å². The summed E-state index contributed by atoms with van der Waals surface area (Å²) in [5.41, 5.74) is 3.37. The monoisotopic (exact) mass is 399 g/mol. The first-order valence-corrected chi connectivity index (χ1v) is 8.90. The molecule has 7 heteroatoms. The number of nitrogens with one attached hydrogen (secondary N) is 1. The zero-order valence-electron chi connectivity index (χ0n) is 17.2. The van der Waals surface area contributed by atoms with Crippen LogP contribution in [-0.2, 0) is 14.3 Å². The Morgan fingerprint density at radius 3 is 2.17 bits per heavy atom. The van der Waals surface area contributed by atoms with Gasteiger partial charge in [0, 0.05) is 11.8 Å². The molecule has 1 N–H and O–H groups in total. The lowest BCUT2D eigenvalue weighted by atomic mass is 10.1. The molecular weight excluding hydrogens is 374 g/mol. The average Bonchev–Trinajstić information content (AvgIpc) is 2.71. The van der Waals surface area contributed by atoms with Gasteiger partial charge in [-0.05, 0) is 49.2 Å². The highest BCUT2D eigenvalue weighted by molar-refractivity contribution is 5.95. The Kier molecular flexibility index (Phi) is 7.65. The van der Waals surface area contributed by atoms with Crippen molar-refractivity contribution in [2.45, 2.75) is 13.8 Å². The first-order valence-electron chi connectivity index (χ1n) is 8.90. The van der Waals surface area contributed by atoms with E-state index in [4.69, 9.17) is 18.9 Å². The van der Waals surface area contributed by atoms with E-state index in [-0.39, 0.29) is 6.61 Å². The molecule has 0 aromatic heterocycles. The molecule has 0 fully saturated rings. The predicted molar refractivity (Wildman–Crippen MR) is 111 cm³/mol. The maximum atomic E-state index is 12.0. The van der Waals surface area contributed by atoms with Crippen molar-refractivity contribution in [3.05, 3.63) is 53.1 Å². The number of aryl methyl sites for hydroxylation is 2. The zero-order valence-corrected chi connectivity index (χ0v) is 17.2. The standard InChI is InChI=1S/C22H25NO6/c1-14-6-8-17(15(2)10-14)23-20(24)13-29-21(25)9-7-16-11-18(26-3)22(28-5)19(12-16)27-4/h6-12H,13H2,1-5H3,(H,23,24). The van der Waals surface area contributed by atoms with Gasteiger partial charge in [-0.25, -0.2) is 4.79 Å². The SMILES string of the molecule is COc1cc(C=CC(=O)OCC(=O)Nc2ccc(C)cc2C)cc(OC)c1OC. The minimum atomic E-state index is -0.644. The topological polar surface area (TPSA) is 83.1 Å². The van der Waals surface area contributed by atoms with E-state index in [0.717, 1.165) is 11.1 Å². The van der Waals surface area contributed by atoms with Crippen molar-refractivity contribution in [1.82, 2.24) is 0 Å². The predicted octanol–water partition coefficient (Wildman–Crippen LogP) is 3.52. The van der Waals surface area contributed by atoms with Gasteiger partial charge in [0.2, 0.25) is 5.75 Å². The van der Waals surface area contributed by atoms with Gasteiger partial charge in [0.05, 0.1) is 21.3 Å². The highest BCUT2D eigenvalue weighted by Gasteiger charge is 2.12. The van der Waals surface area contributed by atoms with Crippen molar-refractivity contribution < 1.29 is 28.5 Å². The number of hydrogen-bond donors (Lipinski definition) is 1. The van der Waals surface area contributed by atoms with Gasteiger partial charge >= 0.3 is 5.97 Å². The lowest BCUT2D eigenvalue weighted by Gasteiger charge is -2.12. The van der Waals surface area contributed by atoms with Crippen molar-refractivity contribution in [1.29, 1.82) is 0 Å². The average molecular weight is 399 g/mol. The first kappa shape index (κ1) is 21.8. The van der Waals surface area contributed by atoms with Gasteiger partial charge in [-0.2, -0.15) is 0 Å². The molecule has 0 aliphatic rings. The molecule has 2 rings (SSSR count). The summed E-state index contributed by atoms with van der Waals surface area (Å²) in [6, 6.07) is 9.06. The summed E-state index contributed by atoms with van der Waals surface area (Å²) >= 11 is 0. The summed E-state index contributed by atoms with van der Waals surface area (Å²) in [4.78, 5) is 23.9. The molecule has 0 aliphatic carbocycles. The molecule has 29 heavy (non-hydrogen) atoms. The van der Waals surface area contributed by atoms with Crippen molar-refractivity contribution in [2.24, 2.45) is 0 Å². The van der Waals surface area contributed by atoms with Gasteiger partial charge < -0.3 is 24.3 Å². The second-order valence-corrected chi connectivity index (χ2v) is 6.27. The van der Waals surface area contributed by atoms with E-state index in [1.807, 2.05) is 32.0 Å². The van der Waals surface area contributed by atoms with Crippen LogP contribution in [0.4, 0.5) is 5.69 Å². The minimum Gasteiger partial charge on any atom is -0.493 e. The van der Waals surface area contributed by atoms with Crippen LogP contribution < -0.4 is 19.5 Å². The molecule has 0 radical (unpaired) electrons. The van der Waals surface area contributed by atoms with E-state index < -0.39 is 11.9 Å². The number of carbonyl (C=O) groups is 2. The third kappa shape index (κ3) is 6.00. The van der Waals surface area contributed by atoms with E-state index in [2.05, 4.69) is 5.32 Å². The fraction of sp³-hybridized carbons (Fsp3) is 0.273. The van der Waals surface area contributed by atoms with Crippen molar-refractivity contribution in [3.63, 3.8) is 0 Å². The number of methoxy groups -OCH3 is 3.